The van der Waals surface area contributed by atoms with Gasteiger partial charge < -0.3 is 4.74 Å². The molecule has 0 N–H and O–H groups in total. The number of rotatable bonds is 0. The Kier molecular flexibility index (Phi) is 5.45. The SMILES string of the molecule is CC1CCCCCCOC(C)CC1. The predicted octanol–water partition coefficient (Wildman–Crippen LogP) is 3.77. The summed E-state index contributed by atoms with van der Waals surface area (Å²) in [6.07, 6.45) is 9.96. The van der Waals surface area contributed by atoms with Crippen LogP contribution in [0.3, 0.4) is 0 Å². The van der Waals surface area contributed by atoms with Crippen molar-refractivity contribution in [3.05, 3.63) is 0 Å². The van der Waals surface area contributed by atoms with Gasteiger partial charge in [0.05, 0.1) is 6.10 Å². The fourth-order valence-corrected chi connectivity index (χ4v) is 1.98. The highest BCUT2D eigenvalue weighted by atomic mass is 16.5. The summed E-state index contributed by atoms with van der Waals surface area (Å²) in [6, 6.07) is 0. The summed E-state index contributed by atoms with van der Waals surface area (Å²) < 4.78 is 5.72. The molecule has 0 aromatic rings. The van der Waals surface area contributed by atoms with Gasteiger partial charge in [-0.15, -0.1) is 0 Å². The second-order valence-corrected chi connectivity index (χ2v) is 4.57. The molecule has 78 valence electrons. The molecule has 0 spiro atoms. The van der Waals surface area contributed by atoms with E-state index in [2.05, 4.69) is 13.8 Å². The first-order chi connectivity index (χ1) is 6.29. The van der Waals surface area contributed by atoms with Crippen molar-refractivity contribution in [2.24, 2.45) is 5.92 Å². The Morgan fingerprint density at radius 1 is 0.846 bits per heavy atom. The summed E-state index contributed by atoms with van der Waals surface area (Å²) in [4.78, 5) is 0. The molecule has 2 atom stereocenters. The molecule has 0 aliphatic carbocycles. The number of hydrogen-bond donors (Lipinski definition) is 0. The summed E-state index contributed by atoms with van der Waals surface area (Å²) in [5.41, 5.74) is 0. The van der Waals surface area contributed by atoms with Gasteiger partial charge in [-0.25, -0.2) is 0 Å². The Bertz CT molecular complexity index is 108. The zero-order valence-electron chi connectivity index (χ0n) is 9.22. The Hall–Kier alpha value is -0.0400. The first kappa shape index (κ1) is 11.0. The van der Waals surface area contributed by atoms with Crippen LogP contribution in [0, 0.1) is 5.92 Å². The summed E-state index contributed by atoms with van der Waals surface area (Å²) in [5.74, 6) is 0.907. The molecule has 13 heavy (non-hydrogen) atoms. The average molecular weight is 184 g/mol. The van der Waals surface area contributed by atoms with E-state index in [1.165, 1.54) is 44.9 Å². The smallest absolute Gasteiger partial charge is 0.0547 e. The van der Waals surface area contributed by atoms with E-state index in [0.29, 0.717) is 6.10 Å². The number of hydrogen-bond acceptors (Lipinski definition) is 1. The molecule has 1 nitrogen and oxygen atoms in total. The molecule has 0 amide bonds. The van der Waals surface area contributed by atoms with Gasteiger partial charge in [0.2, 0.25) is 0 Å². The zero-order chi connectivity index (χ0) is 9.52. The van der Waals surface area contributed by atoms with E-state index in [0.717, 1.165) is 12.5 Å². The third-order valence-electron chi connectivity index (χ3n) is 3.06. The maximum absolute atomic E-state index is 5.72. The predicted molar refractivity (Wildman–Crippen MR) is 56.9 cm³/mol. The molecule has 0 aromatic carbocycles. The van der Waals surface area contributed by atoms with E-state index in [4.69, 9.17) is 4.74 Å². The van der Waals surface area contributed by atoms with Crippen LogP contribution in [0.25, 0.3) is 0 Å². The lowest BCUT2D eigenvalue weighted by atomic mass is 9.97. The molecule has 1 rings (SSSR count). The minimum Gasteiger partial charge on any atom is -0.379 e. The summed E-state index contributed by atoms with van der Waals surface area (Å²) in [6.45, 7) is 5.57. The minimum atomic E-state index is 0.487. The highest BCUT2D eigenvalue weighted by Gasteiger charge is 2.08. The van der Waals surface area contributed by atoms with E-state index in [9.17, 15) is 0 Å². The second-order valence-electron chi connectivity index (χ2n) is 4.57. The molecule has 0 aromatic heterocycles. The molecular formula is C12H24O. The van der Waals surface area contributed by atoms with Crippen molar-refractivity contribution in [3.63, 3.8) is 0 Å². The highest BCUT2D eigenvalue weighted by molar-refractivity contribution is 4.60. The lowest BCUT2D eigenvalue weighted by Crippen LogP contribution is -2.10. The van der Waals surface area contributed by atoms with Crippen LogP contribution in [0.1, 0.15) is 58.8 Å². The fraction of sp³-hybridized carbons (Fsp3) is 1.00. The quantitative estimate of drug-likeness (QED) is 0.557. The maximum atomic E-state index is 5.72. The van der Waals surface area contributed by atoms with Crippen molar-refractivity contribution in [2.75, 3.05) is 6.61 Å². The average Bonchev–Trinajstić information content (AvgIpc) is 2.15. The Morgan fingerprint density at radius 3 is 2.46 bits per heavy atom. The normalized spacial score (nSPS) is 33.7. The van der Waals surface area contributed by atoms with Crippen LogP contribution in [0.5, 0.6) is 0 Å². The van der Waals surface area contributed by atoms with Crippen LogP contribution in [0.4, 0.5) is 0 Å². The van der Waals surface area contributed by atoms with Gasteiger partial charge in [0.15, 0.2) is 0 Å². The first-order valence-corrected chi connectivity index (χ1v) is 5.90. The fourth-order valence-electron chi connectivity index (χ4n) is 1.98. The Morgan fingerprint density at radius 2 is 1.62 bits per heavy atom. The van der Waals surface area contributed by atoms with Gasteiger partial charge in [0, 0.05) is 6.61 Å². The van der Waals surface area contributed by atoms with E-state index >= 15 is 0 Å². The maximum Gasteiger partial charge on any atom is 0.0547 e. The highest BCUT2D eigenvalue weighted by Crippen LogP contribution is 2.18. The zero-order valence-corrected chi connectivity index (χ0v) is 9.22. The van der Waals surface area contributed by atoms with Crippen LogP contribution in [-0.4, -0.2) is 12.7 Å². The van der Waals surface area contributed by atoms with Crippen LogP contribution in [0.15, 0.2) is 0 Å². The molecule has 1 fully saturated rings. The lowest BCUT2D eigenvalue weighted by molar-refractivity contribution is 0.0548. The molecular weight excluding hydrogens is 160 g/mol. The second kappa shape index (κ2) is 6.42. The summed E-state index contributed by atoms with van der Waals surface area (Å²) in [7, 11) is 0. The van der Waals surface area contributed by atoms with Crippen molar-refractivity contribution in [2.45, 2.75) is 64.9 Å². The largest absolute Gasteiger partial charge is 0.379 e. The van der Waals surface area contributed by atoms with Gasteiger partial charge in [0.25, 0.3) is 0 Å². The van der Waals surface area contributed by atoms with Crippen molar-refractivity contribution >= 4 is 0 Å². The summed E-state index contributed by atoms with van der Waals surface area (Å²) in [5, 5.41) is 0. The molecule has 1 aliphatic heterocycles. The molecule has 0 radical (unpaired) electrons. The van der Waals surface area contributed by atoms with E-state index < -0.39 is 0 Å². The van der Waals surface area contributed by atoms with Gasteiger partial charge >= 0.3 is 0 Å². The minimum absolute atomic E-state index is 0.487. The first-order valence-electron chi connectivity index (χ1n) is 5.90. The van der Waals surface area contributed by atoms with Crippen molar-refractivity contribution < 1.29 is 4.74 Å². The monoisotopic (exact) mass is 184 g/mol. The molecule has 1 heterocycles. The Labute approximate surface area is 82.9 Å². The molecule has 1 heteroatoms. The van der Waals surface area contributed by atoms with Gasteiger partial charge in [-0.1, -0.05) is 32.6 Å². The molecule has 1 saturated heterocycles. The Balaban J connectivity index is 2.24. The third-order valence-corrected chi connectivity index (χ3v) is 3.06. The molecule has 0 saturated carbocycles. The van der Waals surface area contributed by atoms with Crippen molar-refractivity contribution in [1.82, 2.24) is 0 Å². The van der Waals surface area contributed by atoms with Crippen LogP contribution >= 0.6 is 0 Å². The molecule has 1 aliphatic rings. The topological polar surface area (TPSA) is 9.23 Å². The standard InChI is InChI=1S/C12H24O/c1-11-7-5-3-4-6-10-13-12(2)9-8-11/h11-12H,3-10H2,1-2H3. The summed E-state index contributed by atoms with van der Waals surface area (Å²) >= 11 is 0. The van der Waals surface area contributed by atoms with Gasteiger partial charge in [-0.05, 0) is 32.1 Å². The van der Waals surface area contributed by atoms with Crippen LogP contribution in [-0.2, 0) is 4.74 Å². The van der Waals surface area contributed by atoms with Gasteiger partial charge in [-0.3, -0.25) is 0 Å². The van der Waals surface area contributed by atoms with Crippen LogP contribution < -0.4 is 0 Å². The van der Waals surface area contributed by atoms with Crippen molar-refractivity contribution in [1.29, 1.82) is 0 Å². The third kappa shape index (κ3) is 5.30. The van der Waals surface area contributed by atoms with Gasteiger partial charge in [0.1, 0.15) is 0 Å². The van der Waals surface area contributed by atoms with Crippen molar-refractivity contribution in [3.8, 4) is 0 Å². The van der Waals surface area contributed by atoms with Crippen LogP contribution in [0.2, 0.25) is 0 Å². The van der Waals surface area contributed by atoms with Gasteiger partial charge in [-0.2, -0.15) is 0 Å². The molecule has 0 bridgehead atoms. The lowest BCUT2D eigenvalue weighted by Gasteiger charge is -2.14. The molecule has 2 unspecified atom stereocenters. The van der Waals surface area contributed by atoms with E-state index in [1.807, 2.05) is 0 Å². The number of ether oxygens (including phenoxy) is 1. The van der Waals surface area contributed by atoms with E-state index in [-0.39, 0.29) is 0 Å². The van der Waals surface area contributed by atoms with E-state index in [1.54, 1.807) is 0 Å².